The lowest BCUT2D eigenvalue weighted by molar-refractivity contribution is 0.0910. The summed E-state index contributed by atoms with van der Waals surface area (Å²) < 4.78 is 19.5. The van der Waals surface area contributed by atoms with Crippen LogP contribution in [0.1, 0.15) is 47.2 Å². The van der Waals surface area contributed by atoms with Crippen molar-refractivity contribution in [1.29, 1.82) is 0 Å². The number of aryl methyl sites for hydroxylation is 1. The Balaban J connectivity index is 1.72. The molecule has 0 bridgehead atoms. The van der Waals surface area contributed by atoms with Crippen molar-refractivity contribution in [2.24, 2.45) is 0 Å². The smallest absolute Gasteiger partial charge is 0.254 e. The van der Waals surface area contributed by atoms with Gasteiger partial charge >= 0.3 is 0 Å². The lowest BCUT2D eigenvalue weighted by atomic mass is 10.1. The third kappa shape index (κ3) is 3.85. The number of carbonyl (C=O) groups excluding carboxylic acids is 1. The van der Waals surface area contributed by atoms with E-state index in [9.17, 15) is 9.18 Å². The van der Waals surface area contributed by atoms with Crippen molar-refractivity contribution in [1.82, 2.24) is 10.2 Å². The summed E-state index contributed by atoms with van der Waals surface area (Å²) in [7, 11) is 0. The molecule has 0 aliphatic carbocycles. The van der Waals surface area contributed by atoms with Crippen LogP contribution in [0.3, 0.4) is 0 Å². The van der Waals surface area contributed by atoms with Crippen molar-refractivity contribution < 1.29 is 13.6 Å². The fourth-order valence-corrected chi connectivity index (χ4v) is 3.20. The number of carbonyl (C=O) groups is 1. The summed E-state index contributed by atoms with van der Waals surface area (Å²) in [6, 6.07) is 9.92. The Kier molecular flexibility index (Phi) is 5.30. The van der Waals surface area contributed by atoms with Gasteiger partial charge in [0.25, 0.3) is 5.91 Å². The molecular weight excluding hydrogens is 307 g/mol. The second kappa shape index (κ2) is 7.62. The van der Waals surface area contributed by atoms with E-state index in [2.05, 4.69) is 10.2 Å². The van der Waals surface area contributed by atoms with E-state index >= 15 is 0 Å². The van der Waals surface area contributed by atoms with Gasteiger partial charge in [0.2, 0.25) is 0 Å². The quantitative estimate of drug-likeness (QED) is 0.909. The average Bonchev–Trinajstić information content (AvgIpc) is 3.02. The van der Waals surface area contributed by atoms with Gasteiger partial charge in [-0.05, 0) is 57.1 Å². The molecular formula is C19H23FN2O2. The van der Waals surface area contributed by atoms with E-state index in [-0.39, 0.29) is 11.6 Å². The number of piperidine rings is 1. The molecule has 4 nitrogen and oxygen atoms in total. The molecule has 0 spiro atoms. The monoisotopic (exact) mass is 330 g/mol. The molecule has 1 amide bonds. The van der Waals surface area contributed by atoms with Crippen LogP contribution in [0.15, 0.2) is 40.8 Å². The molecule has 1 atom stereocenters. The molecule has 1 aliphatic heterocycles. The number of rotatable bonds is 5. The van der Waals surface area contributed by atoms with Crippen LogP contribution in [0, 0.1) is 12.7 Å². The average molecular weight is 330 g/mol. The summed E-state index contributed by atoms with van der Waals surface area (Å²) in [5, 5.41) is 2.86. The minimum absolute atomic E-state index is 0.0188. The summed E-state index contributed by atoms with van der Waals surface area (Å²) in [5.41, 5.74) is 0.0746. The number of likely N-dealkylation sites (tertiary alicyclic amines) is 1. The first-order valence-electron chi connectivity index (χ1n) is 8.48. The molecule has 1 aliphatic rings. The molecule has 1 N–H and O–H groups in total. The van der Waals surface area contributed by atoms with Gasteiger partial charge in [-0.3, -0.25) is 9.69 Å². The topological polar surface area (TPSA) is 45.5 Å². The Labute approximate surface area is 141 Å². The molecule has 24 heavy (non-hydrogen) atoms. The van der Waals surface area contributed by atoms with Crippen molar-refractivity contribution in [3.05, 3.63) is 59.3 Å². The summed E-state index contributed by atoms with van der Waals surface area (Å²) in [5.74, 6) is 0.812. The van der Waals surface area contributed by atoms with Crippen LogP contribution < -0.4 is 5.32 Å². The zero-order valence-electron chi connectivity index (χ0n) is 13.9. The fourth-order valence-electron chi connectivity index (χ4n) is 3.20. The lowest BCUT2D eigenvalue weighted by Gasteiger charge is -2.33. The van der Waals surface area contributed by atoms with Crippen LogP contribution in [0.5, 0.6) is 0 Å². The zero-order chi connectivity index (χ0) is 16.9. The normalized spacial score (nSPS) is 16.8. The predicted octanol–water partition coefficient (Wildman–Crippen LogP) is 3.68. The Morgan fingerprint density at radius 3 is 2.62 bits per heavy atom. The standard InChI is InChI=1S/C19H23FN2O2/c1-14-9-10-18(24-14)17(22-11-5-2-6-12-22)13-21-19(23)15-7-3-4-8-16(15)20/h3-4,7-10,17H,2,5-6,11-13H2,1H3,(H,21,23)/t17-/m0/s1. The maximum atomic E-state index is 13.8. The minimum atomic E-state index is -0.502. The van der Waals surface area contributed by atoms with Gasteiger partial charge in [-0.2, -0.15) is 0 Å². The van der Waals surface area contributed by atoms with Crippen LogP contribution in [0.25, 0.3) is 0 Å². The van der Waals surface area contributed by atoms with E-state index in [0.29, 0.717) is 6.54 Å². The van der Waals surface area contributed by atoms with E-state index in [1.54, 1.807) is 12.1 Å². The van der Waals surface area contributed by atoms with Crippen LogP contribution in [0.4, 0.5) is 4.39 Å². The summed E-state index contributed by atoms with van der Waals surface area (Å²) in [6.45, 7) is 4.29. The molecule has 1 aromatic carbocycles. The van der Waals surface area contributed by atoms with E-state index < -0.39 is 11.7 Å². The van der Waals surface area contributed by atoms with E-state index in [4.69, 9.17) is 4.42 Å². The molecule has 0 saturated carbocycles. The van der Waals surface area contributed by atoms with Gasteiger partial charge in [0.05, 0.1) is 11.6 Å². The second-order valence-electron chi connectivity index (χ2n) is 6.25. The Morgan fingerprint density at radius 1 is 1.21 bits per heavy atom. The Morgan fingerprint density at radius 2 is 1.96 bits per heavy atom. The predicted molar refractivity (Wildman–Crippen MR) is 90.3 cm³/mol. The highest BCUT2D eigenvalue weighted by molar-refractivity contribution is 5.94. The van der Waals surface area contributed by atoms with Gasteiger partial charge in [0.1, 0.15) is 17.3 Å². The summed E-state index contributed by atoms with van der Waals surface area (Å²) in [6.07, 6.45) is 3.54. The van der Waals surface area contributed by atoms with Crippen LogP contribution in [0.2, 0.25) is 0 Å². The van der Waals surface area contributed by atoms with E-state index in [1.165, 1.54) is 18.6 Å². The fraction of sp³-hybridized carbons (Fsp3) is 0.421. The number of nitrogens with zero attached hydrogens (tertiary/aromatic N) is 1. The van der Waals surface area contributed by atoms with Gasteiger partial charge in [0.15, 0.2) is 0 Å². The molecule has 0 radical (unpaired) electrons. The highest BCUT2D eigenvalue weighted by atomic mass is 19.1. The number of amides is 1. The van der Waals surface area contributed by atoms with Gasteiger partial charge in [-0.15, -0.1) is 0 Å². The molecule has 128 valence electrons. The lowest BCUT2D eigenvalue weighted by Crippen LogP contribution is -2.40. The second-order valence-corrected chi connectivity index (χ2v) is 6.25. The third-order valence-corrected chi connectivity index (χ3v) is 4.50. The van der Waals surface area contributed by atoms with Gasteiger partial charge in [0, 0.05) is 6.54 Å². The van der Waals surface area contributed by atoms with Crippen molar-refractivity contribution in [2.75, 3.05) is 19.6 Å². The Bertz CT molecular complexity index is 692. The van der Waals surface area contributed by atoms with E-state index in [0.717, 1.165) is 37.5 Å². The van der Waals surface area contributed by atoms with Crippen molar-refractivity contribution in [3.63, 3.8) is 0 Å². The number of furan rings is 1. The van der Waals surface area contributed by atoms with Crippen molar-refractivity contribution >= 4 is 5.91 Å². The first-order chi connectivity index (χ1) is 11.6. The molecule has 5 heteroatoms. The van der Waals surface area contributed by atoms with E-state index in [1.807, 2.05) is 19.1 Å². The molecule has 0 unspecified atom stereocenters. The van der Waals surface area contributed by atoms with Crippen molar-refractivity contribution in [2.45, 2.75) is 32.2 Å². The first-order valence-corrected chi connectivity index (χ1v) is 8.48. The molecule has 1 saturated heterocycles. The number of halogens is 1. The molecule has 1 fully saturated rings. The molecule has 1 aromatic heterocycles. The van der Waals surface area contributed by atoms with Gasteiger partial charge < -0.3 is 9.73 Å². The molecule has 2 heterocycles. The summed E-state index contributed by atoms with van der Waals surface area (Å²) in [4.78, 5) is 14.6. The Hall–Kier alpha value is -2.14. The van der Waals surface area contributed by atoms with Crippen LogP contribution in [-0.4, -0.2) is 30.4 Å². The minimum Gasteiger partial charge on any atom is -0.465 e. The van der Waals surface area contributed by atoms with Gasteiger partial charge in [-0.25, -0.2) is 4.39 Å². The van der Waals surface area contributed by atoms with Crippen LogP contribution >= 0.6 is 0 Å². The first kappa shape index (κ1) is 16.7. The number of benzene rings is 1. The maximum absolute atomic E-state index is 13.8. The zero-order valence-corrected chi connectivity index (χ0v) is 13.9. The number of nitrogens with one attached hydrogen (secondary N) is 1. The highest BCUT2D eigenvalue weighted by Crippen LogP contribution is 2.25. The van der Waals surface area contributed by atoms with Crippen LogP contribution in [-0.2, 0) is 0 Å². The summed E-state index contributed by atoms with van der Waals surface area (Å²) >= 11 is 0. The number of hydrogen-bond donors (Lipinski definition) is 1. The number of hydrogen-bond acceptors (Lipinski definition) is 3. The third-order valence-electron chi connectivity index (χ3n) is 4.50. The molecule has 2 aromatic rings. The van der Waals surface area contributed by atoms with Gasteiger partial charge in [-0.1, -0.05) is 18.6 Å². The maximum Gasteiger partial charge on any atom is 0.254 e. The molecule has 3 rings (SSSR count). The largest absolute Gasteiger partial charge is 0.465 e. The van der Waals surface area contributed by atoms with Crippen molar-refractivity contribution in [3.8, 4) is 0 Å². The highest BCUT2D eigenvalue weighted by Gasteiger charge is 2.25. The SMILES string of the molecule is Cc1ccc([C@H](CNC(=O)c2ccccc2F)N2CCCCC2)o1.